The van der Waals surface area contributed by atoms with Crippen molar-refractivity contribution >= 4 is 11.9 Å². The number of hydrogen-bond donors (Lipinski definition) is 3. The van der Waals surface area contributed by atoms with Crippen molar-refractivity contribution in [3.05, 3.63) is 0 Å². The Morgan fingerprint density at radius 3 is 2.50 bits per heavy atom. The second kappa shape index (κ2) is 8.33. The van der Waals surface area contributed by atoms with Gasteiger partial charge in [0.05, 0.1) is 6.54 Å². The summed E-state index contributed by atoms with van der Waals surface area (Å²) in [5.74, 6) is 0.621. The second-order valence-electron chi connectivity index (χ2n) is 7.00. The Bertz CT molecular complexity index is 390. The van der Waals surface area contributed by atoms with Crippen molar-refractivity contribution in [3.8, 4) is 0 Å². The lowest BCUT2D eigenvalue weighted by Gasteiger charge is -2.37. The first-order valence-corrected chi connectivity index (χ1v) is 7.85. The number of carbonyl (C=O) groups excluding carboxylic acids is 1. The van der Waals surface area contributed by atoms with E-state index >= 15 is 0 Å². The minimum Gasteiger partial charge on any atom is -0.355 e. The van der Waals surface area contributed by atoms with Gasteiger partial charge in [0.25, 0.3) is 0 Å². The number of hydrogen-bond acceptors (Lipinski definition) is 4. The fourth-order valence-electron chi connectivity index (χ4n) is 2.38. The largest absolute Gasteiger partial charge is 0.355 e. The van der Waals surface area contributed by atoms with Gasteiger partial charge in [-0.25, -0.2) is 0 Å². The van der Waals surface area contributed by atoms with Crippen LogP contribution in [0.2, 0.25) is 0 Å². The average molecular weight is 312 g/mol. The van der Waals surface area contributed by atoms with Gasteiger partial charge in [-0.2, -0.15) is 0 Å². The normalized spacial score (nSPS) is 21.5. The molecule has 1 amide bonds. The van der Waals surface area contributed by atoms with Gasteiger partial charge >= 0.3 is 0 Å². The van der Waals surface area contributed by atoms with Crippen molar-refractivity contribution in [1.82, 2.24) is 25.8 Å². The summed E-state index contributed by atoms with van der Waals surface area (Å²) >= 11 is 0. The van der Waals surface area contributed by atoms with Crippen LogP contribution in [0.5, 0.6) is 0 Å². The van der Waals surface area contributed by atoms with Crippen molar-refractivity contribution in [1.29, 1.82) is 0 Å². The third kappa shape index (κ3) is 7.09. The molecule has 128 valence electrons. The maximum Gasteiger partial charge on any atom is 0.239 e. The van der Waals surface area contributed by atoms with Gasteiger partial charge in [-0.05, 0) is 34.9 Å². The summed E-state index contributed by atoms with van der Waals surface area (Å²) in [4.78, 5) is 20.7. The maximum absolute atomic E-state index is 11.8. The number of guanidine groups is 1. The number of amides is 1. The Morgan fingerprint density at radius 2 is 1.91 bits per heavy atom. The molecule has 0 saturated carbocycles. The Kier molecular flexibility index (Phi) is 7.09. The van der Waals surface area contributed by atoms with E-state index in [0.717, 1.165) is 26.2 Å². The van der Waals surface area contributed by atoms with Gasteiger partial charge in [0.2, 0.25) is 5.91 Å². The highest BCUT2D eigenvalue weighted by Crippen LogP contribution is 2.04. The summed E-state index contributed by atoms with van der Waals surface area (Å²) in [6.45, 7) is 10.1. The van der Waals surface area contributed by atoms with E-state index in [1.165, 1.54) is 0 Å². The highest BCUT2D eigenvalue weighted by Gasteiger charge is 2.22. The predicted molar refractivity (Wildman–Crippen MR) is 91.2 cm³/mol. The third-order valence-corrected chi connectivity index (χ3v) is 3.64. The summed E-state index contributed by atoms with van der Waals surface area (Å²) in [5, 5.41) is 9.27. The van der Waals surface area contributed by atoms with Gasteiger partial charge < -0.3 is 20.9 Å². The van der Waals surface area contributed by atoms with E-state index in [0.29, 0.717) is 12.0 Å². The van der Waals surface area contributed by atoms with Gasteiger partial charge in [-0.1, -0.05) is 0 Å². The number of aliphatic imine (C=N–C) groups is 1. The standard InChI is InChI=1S/C15H32N6O/c1-15(2,3)19-13(22)10-18-14(16-4)17-9-12-11-20(5)7-8-21(12)6/h12H,7-11H2,1-6H3,(H,19,22)(H2,16,17,18). The lowest BCUT2D eigenvalue weighted by atomic mass is 10.1. The molecule has 3 N–H and O–H groups in total. The minimum absolute atomic E-state index is 0.0371. The topological polar surface area (TPSA) is 72.0 Å². The van der Waals surface area contributed by atoms with Gasteiger partial charge in [0.15, 0.2) is 5.96 Å². The van der Waals surface area contributed by atoms with Crippen LogP contribution < -0.4 is 16.0 Å². The van der Waals surface area contributed by atoms with Crippen LogP contribution >= 0.6 is 0 Å². The molecule has 0 radical (unpaired) electrons. The smallest absolute Gasteiger partial charge is 0.239 e. The number of likely N-dealkylation sites (N-methyl/N-ethyl adjacent to an activating group) is 2. The zero-order valence-corrected chi connectivity index (χ0v) is 14.9. The summed E-state index contributed by atoms with van der Waals surface area (Å²) in [5.41, 5.74) is -0.217. The molecule has 1 fully saturated rings. The first-order chi connectivity index (χ1) is 10.2. The van der Waals surface area contributed by atoms with E-state index in [-0.39, 0.29) is 18.0 Å². The molecule has 1 rings (SSSR count). The molecular formula is C15H32N6O. The van der Waals surface area contributed by atoms with Crippen molar-refractivity contribution < 1.29 is 4.79 Å². The van der Waals surface area contributed by atoms with Gasteiger partial charge in [0, 0.05) is 44.8 Å². The molecule has 1 unspecified atom stereocenters. The molecule has 7 nitrogen and oxygen atoms in total. The van der Waals surface area contributed by atoms with E-state index in [9.17, 15) is 4.79 Å². The van der Waals surface area contributed by atoms with E-state index in [1.807, 2.05) is 20.8 Å². The fraction of sp³-hybridized carbons (Fsp3) is 0.867. The molecule has 7 heteroatoms. The molecule has 22 heavy (non-hydrogen) atoms. The van der Waals surface area contributed by atoms with E-state index in [4.69, 9.17) is 0 Å². The summed E-state index contributed by atoms with van der Waals surface area (Å²) in [6, 6.07) is 0.445. The SMILES string of the molecule is CN=C(NCC(=O)NC(C)(C)C)NCC1CN(C)CCN1C. The maximum atomic E-state index is 11.8. The van der Waals surface area contributed by atoms with Crippen molar-refractivity contribution in [2.75, 3.05) is 53.9 Å². The molecular weight excluding hydrogens is 280 g/mol. The molecule has 1 saturated heterocycles. The summed E-state index contributed by atoms with van der Waals surface area (Å²) in [7, 11) is 6.00. The third-order valence-electron chi connectivity index (χ3n) is 3.64. The minimum atomic E-state index is -0.217. The number of rotatable bonds is 4. The number of carbonyl (C=O) groups is 1. The Balaban J connectivity index is 2.35. The Labute approximate surface area is 134 Å². The first kappa shape index (κ1) is 18.7. The van der Waals surface area contributed by atoms with E-state index in [2.05, 4.69) is 44.8 Å². The van der Waals surface area contributed by atoms with E-state index in [1.54, 1.807) is 7.05 Å². The second-order valence-corrected chi connectivity index (χ2v) is 7.00. The monoisotopic (exact) mass is 312 g/mol. The summed E-state index contributed by atoms with van der Waals surface area (Å²) in [6.07, 6.45) is 0. The van der Waals surface area contributed by atoms with Crippen LogP contribution in [0.4, 0.5) is 0 Å². The van der Waals surface area contributed by atoms with Crippen LogP contribution in [0.25, 0.3) is 0 Å². The molecule has 0 aromatic heterocycles. The van der Waals surface area contributed by atoms with Crippen LogP contribution in [0.15, 0.2) is 4.99 Å². The Morgan fingerprint density at radius 1 is 1.23 bits per heavy atom. The molecule has 0 bridgehead atoms. The van der Waals surface area contributed by atoms with Gasteiger partial charge in [0.1, 0.15) is 0 Å². The van der Waals surface area contributed by atoms with Crippen LogP contribution in [0, 0.1) is 0 Å². The average Bonchev–Trinajstić information content (AvgIpc) is 2.40. The van der Waals surface area contributed by atoms with Gasteiger partial charge in [-0.3, -0.25) is 14.7 Å². The molecule has 0 spiro atoms. The first-order valence-electron chi connectivity index (χ1n) is 7.85. The zero-order chi connectivity index (χ0) is 16.8. The highest BCUT2D eigenvalue weighted by molar-refractivity contribution is 5.86. The molecule has 0 aliphatic carbocycles. The lowest BCUT2D eigenvalue weighted by molar-refractivity contribution is -0.121. The van der Waals surface area contributed by atoms with Gasteiger partial charge in [-0.15, -0.1) is 0 Å². The quantitative estimate of drug-likeness (QED) is 0.473. The molecule has 1 aliphatic heterocycles. The molecule has 1 heterocycles. The number of nitrogens with zero attached hydrogens (tertiary/aromatic N) is 3. The van der Waals surface area contributed by atoms with Crippen LogP contribution in [-0.4, -0.2) is 87.1 Å². The number of nitrogens with one attached hydrogen (secondary N) is 3. The van der Waals surface area contributed by atoms with Crippen molar-refractivity contribution in [3.63, 3.8) is 0 Å². The van der Waals surface area contributed by atoms with Crippen LogP contribution in [0.3, 0.4) is 0 Å². The number of piperazine rings is 1. The molecule has 0 aromatic carbocycles. The lowest BCUT2D eigenvalue weighted by Crippen LogP contribution is -2.56. The molecule has 1 aliphatic rings. The zero-order valence-electron chi connectivity index (χ0n) is 14.9. The van der Waals surface area contributed by atoms with E-state index < -0.39 is 0 Å². The van der Waals surface area contributed by atoms with Crippen molar-refractivity contribution in [2.45, 2.75) is 32.4 Å². The predicted octanol–water partition coefficient (Wildman–Crippen LogP) is -0.688. The summed E-state index contributed by atoms with van der Waals surface area (Å²) < 4.78 is 0. The molecule has 0 aromatic rings. The van der Waals surface area contributed by atoms with Crippen molar-refractivity contribution in [2.24, 2.45) is 4.99 Å². The van der Waals surface area contributed by atoms with Crippen LogP contribution in [0.1, 0.15) is 20.8 Å². The highest BCUT2D eigenvalue weighted by atomic mass is 16.2. The fourth-order valence-corrected chi connectivity index (χ4v) is 2.38. The Hall–Kier alpha value is -1.34. The molecule has 1 atom stereocenters. The van der Waals surface area contributed by atoms with Crippen LogP contribution in [-0.2, 0) is 4.79 Å².